The standard InChI is InChI=1S/C31H26O2/c1-2-33-28(32)20-23-18-19-31(26-16-7-6-14-24(23)26)27-17-9-13-21-12-8-15-25(29(21)27)30(31)22-10-4-3-5-11-22/h3-7,9-11,13-14,16-20H,2,8,12,15H2,1H3/b23-20+/t31-/m0/s1. The molecule has 3 aromatic carbocycles. The van der Waals surface area contributed by atoms with E-state index >= 15 is 0 Å². The lowest BCUT2D eigenvalue weighted by molar-refractivity contribution is -0.137. The fourth-order valence-electron chi connectivity index (χ4n) is 6.07. The zero-order chi connectivity index (χ0) is 22.4. The van der Waals surface area contributed by atoms with E-state index in [9.17, 15) is 4.79 Å². The summed E-state index contributed by atoms with van der Waals surface area (Å²) in [5.74, 6) is -0.297. The summed E-state index contributed by atoms with van der Waals surface area (Å²) in [5, 5.41) is 0. The molecule has 0 bridgehead atoms. The second-order valence-corrected chi connectivity index (χ2v) is 8.95. The van der Waals surface area contributed by atoms with Gasteiger partial charge in [-0.2, -0.15) is 0 Å². The summed E-state index contributed by atoms with van der Waals surface area (Å²) in [4.78, 5) is 12.3. The minimum atomic E-state index is -0.366. The summed E-state index contributed by atoms with van der Waals surface area (Å²) in [7, 11) is 0. The van der Waals surface area contributed by atoms with Gasteiger partial charge in [-0.25, -0.2) is 4.79 Å². The highest BCUT2D eigenvalue weighted by Gasteiger charge is 2.48. The van der Waals surface area contributed by atoms with Crippen molar-refractivity contribution in [3.63, 3.8) is 0 Å². The Kier molecular flexibility index (Phi) is 4.69. The number of ether oxygens (including phenoxy) is 1. The van der Waals surface area contributed by atoms with E-state index in [1.165, 1.54) is 45.4 Å². The lowest BCUT2D eigenvalue weighted by Gasteiger charge is -2.37. The average molecular weight is 431 g/mol. The number of fused-ring (bicyclic) bond motifs is 3. The van der Waals surface area contributed by atoms with Crippen LogP contribution in [-0.4, -0.2) is 12.6 Å². The molecule has 6 rings (SSSR count). The fraction of sp³-hybridized carbons (Fsp3) is 0.194. The van der Waals surface area contributed by atoms with E-state index < -0.39 is 0 Å². The molecule has 0 amide bonds. The van der Waals surface area contributed by atoms with Gasteiger partial charge in [0.15, 0.2) is 0 Å². The maximum absolute atomic E-state index is 12.3. The number of hydrogen-bond acceptors (Lipinski definition) is 2. The van der Waals surface area contributed by atoms with Crippen LogP contribution in [0.3, 0.4) is 0 Å². The Morgan fingerprint density at radius 1 is 0.939 bits per heavy atom. The first-order chi connectivity index (χ1) is 16.2. The van der Waals surface area contributed by atoms with E-state index in [-0.39, 0.29) is 11.4 Å². The van der Waals surface area contributed by atoms with Gasteiger partial charge in [0.25, 0.3) is 0 Å². The van der Waals surface area contributed by atoms with Crippen LogP contribution in [-0.2, 0) is 21.4 Å². The topological polar surface area (TPSA) is 26.3 Å². The second-order valence-electron chi connectivity index (χ2n) is 8.95. The van der Waals surface area contributed by atoms with Gasteiger partial charge in [-0.15, -0.1) is 0 Å². The number of esters is 1. The molecule has 0 N–H and O–H groups in total. The molecule has 0 heterocycles. The Labute approximate surface area is 194 Å². The Balaban J connectivity index is 1.68. The van der Waals surface area contributed by atoms with E-state index in [1.807, 2.05) is 6.92 Å². The van der Waals surface area contributed by atoms with Crippen molar-refractivity contribution in [1.82, 2.24) is 0 Å². The molecule has 33 heavy (non-hydrogen) atoms. The van der Waals surface area contributed by atoms with Crippen LogP contribution < -0.4 is 0 Å². The number of carbonyl (C=O) groups is 1. The van der Waals surface area contributed by atoms with Gasteiger partial charge in [0.2, 0.25) is 0 Å². The highest BCUT2D eigenvalue weighted by atomic mass is 16.5. The second kappa shape index (κ2) is 7.74. The third-order valence-corrected chi connectivity index (χ3v) is 7.24. The molecule has 162 valence electrons. The maximum Gasteiger partial charge on any atom is 0.331 e. The molecule has 0 saturated carbocycles. The monoisotopic (exact) mass is 430 g/mol. The summed E-state index contributed by atoms with van der Waals surface area (Å²) in [5.41, 5.74) is 11.3. The molecule has 0 unspecified atom stereocenters. The first-order valence-electron chi connectivity index (χ1n) is 11.8. The van der Waals surface area contributed by atoms with Crippen LogP contribution >= 0.6 is 0 Å². The van der Waals surface area contributed by atoms with Gasteiger partial charge in [0, 0.05) is 6.08 Å². The van der Waals surface area contributed by atoms with Crippen LogP contribution in [0.2, 0.25) is 0 Å². The molecule has 3 aliphatic carbocycles. The first-order valence-corrected chi connectivity index (χ1v) is 11.8. The SMILES string of the molecule is CCOC(=O)/C=C1\C=C[C@]2(C(c3ccccc3)=C3CCCc4cccc2c43)c2ccccc21. The highest BCUT2D eigenvalue weighted by Crippen LogP contribution is 2.60. The molecule has 1 atom stereocenters. The highest BCUT2D eigenvalue weighted by molar-refractivity contribution is 6.08. The minimum absolute atomic E-state index is 0.297. The fourth-order valence-corrected chi connectivity index (χ4v) is 6.07. The molecule has 0 aromatic heterocycles. The van der Waals surface area contributed by atoms with Gasteiger partial charge >= 0.3 is 5.97 Å². The summed E-state index contributed by atoms with van der Waals surface area (Å²) in [6, 6.07) is 26.2. The van der Waals surface area contributed by atoms with Gasteiger partial charge in [-0.1, -0.05) is 84.9 Å². The van der Waals surface area contributed by atoms with Gasteiger partial charge in [-0.3, -0.25) is 0 Å². The molecule has 0 saturated heterocycles. The quantitative estimate of drug-likeness (QED) is 0.339. The molecule has 1 spiro atoms. The van der Waals surface area contributed by atoms with Crippen LogP contribution in [0.4, 0.5) is 0 Å². The third-order valence-electron chi connectivity index (χ3n) is 7.24. The molecule has 0 fully saturated rings. The molecule has 2 heteroatoms. The van der Waals surface area contributed by atoms with Crippen LogP contribution in [0.5, 0.6) is 0 Å². The van der Waals surface area contributed by atoms with Gasteiger partial charge < -0.3 is 4.74 Å². The Morgan fingerprint density at radius 2 is 1.73 bits per heavy atom. The molecule has 3 aliphatic rings. The van der Waals surface area contributed by atoms with Crippen LogP contribution in [0.25, 0.3) is 16.7 Å². The number of allylic oxidation sites excluding steroid dienone is 5. The Morgan fingerprint density at radius 3 is 2.58 bits per heavy atom. The molecule has 0 radical (unpaired) electrons. The summed E-state index contributed by atoms with van der Waals surface area (Å²) in [6.45, 7) is 2.21. The van der Waals surface area contributed by atoms with Crippen LogP contribution in [0.15, 0.2) is 91.0 Å². The van der Waals surface area contributed by atoms with Gasteiger partial charge in [0.1, 0.15) is 0 Å². The molecule has 3 aromatic rings. The normalized spacial score (nSPS) is 21.3. The van der Waals surface area contributed by atoms with Crippen molar-refractivity contribution < 1.29 is 9.53 Å². The zero-order valence-corrected chi connectivity index (χ0v) is 18.8. The van der Waals surface area contributed by atoms with E-state index in [0.29, 0.717) is 6.61 Å². The smallest absolute Gasteiger partial charge is 0.331 e. The van der Waals surface area contributed by atoms with Crippen molar-refractivity contribution in [2.45, 2.75) is 31.6 Å². The molecular weight excluding hydrogens is 404 g/mol. The number of carbonyl (C=O) groups excluding carboxylic acids is 1. The van der Waals surface area contributed by atoms with Crippen LogP contribution in [0, 0.1) is 0 Å². The maximum atomic E-state index is 12.3. The van der Waals surface area contributed by atoms with Gasteiger partial charge in [0.05, 0.1) is 12.0 Å². The van der Waals surface area contributed by atoms with E-state index in [2.05, 4.69) is 84.9 Å². The Bertz CT molecular complexity index is 1360. The van der Waals surface area contributed by atoms with E-state index in [0.717, 1.165) is 24.0 Å². The number of aryl methyl sites for hydroxylation is 1. The first kappa shape index (κ1) is 20.0. The van der Waals surface area contributed by atoms with Crippen molar-refractivity contribution in [3.8, 4) is 0 Å². The zero-order valence-electron chi connectivity index (χ0n) is 18.8. The average Bonchev–Trinajstić information content (AvgIpc) is 3.14. The van der Waals surface area contributed by atoms with Crippen molar-refractivity contribution >= 4 is 22.7 Å². The molecule has 2 nitrogen and oxygen atoms in total. The van der Waals surface area contributed by atoms with E-state index in [1.54, 1.807) is 6.08 Å². The lowest BCUT2D eigenvalue weighted by atomic mass is 9.65. The summed E-state index contributed by atoms with van der Waals surface area (Å²) < 4.78 is 5.22. The number of hydrogen-bond donors (Lipinski definition) is 0. The summed E-state index contributed by atoms with van der Waals surface area (Å²) >= 11 is 0. The number of rotatable bonds is 3. The summed E-state index contributed by atoms with van der Waals surface area (Å²) in [6.07, 6.45) is 9.48. The van der Waals surface area contributed by atoms with Crippen molar-refractivity contribution in [2.75, 3.05) is 6.61 Å². The van der Waals surface area contributed by atoms with E-state index in [4.69, 9.17) is 4.74 Å². The molecule has 0 aliphatic heterocycles. The van der Waals surface area contributed by atoms with Crippen molar-refractivity contribution in [1.29, 1.82) is 0 Å². The number of benzene rings is 3. The van der Waals surface area contributed by atoms with Crippen molar-refractivity contribution in [3.05, 3.63) is 124 Å². The third kappa shape index (κ3) is 2.90. The minimum Gasteiger partial charge on any atom is -0.463 e. The predicted octanol–water partition coefficient (Wildman–Crippen LogP) is 6.75. The van der Waals surface area contributed by atoms with Gasteiger partial charge in [-0.05, 0) is 76.3 Å². The Hall–Kier alpha value is -3.65. The predicted molar refractivity (Wildman–Crippen MR) is 134 cm³/mol. The van der Waals surface area contributed by atoms with Crippen LogP contribution in [0.1, 0.15) is 53.1 Å². The van der Waals surface area contributed by atoms with Crippen molar-refractivity contribution in [2.24, 2.45) is 0 Å². The molecular formula is C31H26O2. The lowest BCUT2D eigenvalue weighted by Crippen LogP contribution is -2.28. The largest absolute Gasteiger partial charge is 0.463 e.